The molecule has 1 N–H and O–H groups in total. The summed E-state index contributed by atoms with van der Waals surface area (Å²) in [5.74, 6) is -0.867. The van der Waals surface area contributed by atoms with E-state index >= 15 is 0 Å². The highest BCUT2D eigenvalue weighted by atomic mass is 19.4. The average Bonchev–Trinajstić information content (AvgIpc) is 3.35. The van der Waals surface area contributed by atoms with Gasteiger partial charge in [0.15, 0.2) is 0 Å². The molecule has 1 aliphatic heterocycles. The Bertz CT molecular complexity index is 1400. The van der Waals surface area contributed by atoms with Gasteiger partial charge < -0.3 is 19.6 Å². The first kappa shape index (κ1) is 32.3. The number of hydrogen-bond donors (Lipinski definition) is 1. The van der Waals surface area contributed by atoms with E-state index in [9.17, 15) is 31.1 Å². The summed E-state index contributed by atoms with van der Waals surface area (Å²) in [4.78, 5) is 27.7. The standard InChI is InChI=1S/C30H35F6N5O2/c1-20(38-43-13-12-39(2)3)8-9-40-10-11-41(25(19-40)16-22-18-37-27-7-5-4-6-26(22)27)28(42)21-14-23(29(31,32)33)17-24(15-21)30(34,35)36/h4-7,14-15,17-18,25,37H,8-13,16,19H2,1-3H3/b38-20+/t25-/m1/s1. The van der Waals surface area contributed by atoms with E-state index < -0.39 is 41.0 Å². The van der Waals surface area contributed by atoms with Gasteiger partial charge in [0.05, 0.1) is 16.8 Å². The van der Waals surface area contributed by atoms with Gasteiger partial charge in [-0.3, -0.25) is 9.69 Å². The number of para-hydroxylation sites is 1. The number of fused-ring (bicyclic) bond motifs is 1. The van der Waals surface area contributed by atoms with Gasteiger partial charge in [-0.05, 0) is 57.3 Å². The van der Waals surface area contributed by atoms with Crippen molar-refractivity contribution in [2.45, 2.75) is 38.2 Å². The van der Waals surface area contributed by atoms with Crippen molar-refractivity contribution in [2.75, 3.05) is 53.4 Å². The molecule has 234 valence electrons. The van der Waals surface area contributed by atoms with Crippen molar-refractivity contribution in [3.05, 3.63) is 70.9 Å². The minimum Gasteiger partial charge on any atom is -0.394 e. The van der Waals surface area contributed by atoms with Crippen LogP contribution in [0.1, 0.15) is 40.4 Å². The van der Waals surface area contributed by atoms with Crippen molar-refractivity contribution in [3.63, 3.8) is 0 Å². The Morgan fingerprint density at radius 2 is 1.72 bits per heavy atom. The number of nitrogens with zero attached hydrogens (tertiary/aromatic N) is 4. The van der Waals surface area contributed by atoms with Gasteiger partial charge in [0.2, 0.25) is 0 Å². The summed E-state index contributed by atoms with van der Waals surface area (Å²) < 4.78 is 81.2. The lowest BCUT2D eigenvalue weighted by molar-refractivity contribution is -0.143. The van der Waals surface area contributed by atoms with Crippen LogP contribution in [0.2, 0.25) is 0 Å². The number of benzene rings is 2. The fourth-order valence-corrected chi connectivity index (χ4v) is 5.11. The topological polar surface area (TPSA) is 64.2 Å². The number of hydrogen-bond acceptors (Lipinski definition) is 5. The molecule has 13 heteroatoms. The van der Waals surface area contributed by atoms with Gasteiger partial charge in [0.1, 0.15) is 6.61 Å². The summed E-state index contributed by atoms with van der Waals surface area (Å²) in [5, 5.41) is 5.08. The molecule has 0 spiro atoms. The van der Waals surface area contributed by atoms with Crippen LogP contribution >= 0.6 is 0 Å². The van der Waals surface area contributed by atoms with Gasteiger partial charge in [-0.2, -0.15) is 26.3 Å². The fourth-order valence-electron chi connectivity index (χ4n) is 5.11. The van der Waals surface area contributed by atoms with Crippen LogP contribution in [0.3, 0.4) is 0 Å². The van der Waals surface area contributed by atoms with Crippen molar-refractivity contribution >= 4 is 22.5 Å². The number of alkyl halides is 6. The third kappa shape index (κ3) is 8.50. The van der Waals surface area contributed by atoms with Crippen LogP contribution in [-0.4, -0.2) is 90.8 Å². The molecule has 7 nitrogen and oxygen atoms in total. The molecule has 0 unspecified atom stereocenters. The Hall–Kier alpha value is -3.58. The molecule has 0 aliphatic carbocycles. The normalized spacial score (nSPS) is 17.2. The molecule has 1 saturated heterocycles. The highest BCUT2D eigenvalue weighted by molar-refractivity contribution is 5.95. The number of amides is 1. The minimum absolute atomic E-state index is 0.0340. The molecule has 1 aromatic heterocycles. The molecule has 43 heavy (non-hydrogen) atoms. The molecule has 3 aromatic rings. The number of aromatic nitrogens is 1. The maximum absolute atomic E-state index is 13.7. The third-order valence-corrected chi connectivity index (χ3v) is 7.43. The molecule has 0 saturated carbocycles. The van der Waals surface area contributed by atoms with Crippen LogP contribution in [0.5, 0.6) is 0 Å². The van der Waals surface area contributed by atoms with Crippen molar-refractivity contribution in [1.82, 2.24) is 19.7 Å². The zero-order valence-electron chi connectivity index (χ0n) is 24.2. The van der Waals surface area contributed by atoms with E-state index in [-0.39, 0.29) is 12.6 Å². The van der Waals surface area contributed by atoms with Crippen LogP contribution in [0.25, 0.3) is 10.9 Å². The van der Waals surface area contributed by atoms with Crippen LogP contribution in [-0.2, 0) is 23.6 Å². The number of carbonyl (C=O) groups is 1. The monoisotopic (exact) mass is 611 g/mol. The van der Waals surface area contributed by atoms with E-state index in [0.29, 0.717) is 51.2 Å². The van der Waals surface area contributed by atoms with E-state index in [1.54, 1.807) is 0 Å². The van der Waals surface area contributed by atoms with Gasteiger partial charge in [-0.25, -0.2) is 0 Å². The molecule has 1 atom stereocenters. The Morgan fingerprint density at radius 1 is 1.05 bits per heavy atom. The number of H-pyrrole nitrogens is 1. The number of rotatable bonds is 10. The van der Waals surface area contributed by atoms with Crippen LogP contribution in [0.4, 0.5) is 26.3 Å². The van der Waals surface area contributed by atoms with Crippen molar-refractivity contribution in [1.29, 1.82) is 0 Å². The largest absolute Gasteiger partial charge is 0.416 e. The second kappa shape index (κ2) is 13.4. The van der Waals surface area contributed by atoms with Gasteiger partial charge in [-0.15, -0.1) is 0 Å². The average molecular weight is 612 g/mol. The summed E-state index contributed by atoms with van der Waals surface area (Å²) in [7, 11) is 3.86. The number of aromatic amines is 1. The highest BCUT2D eigenvalue weighted by Gasteiger charge is 2.39. The molecule has 0 bridgehead atoms. The summed E-state index contributed by atoms with van der Waals surface area (Å²) in [5.41, 5.74) is -1.10. The molecular weight excluding hydrogens is 576 g/mol. The number of nitrogens with one attached hydrogen (secondary N) is 1. The van der Waals surface area contributed by atoms with E-state index in [0.717, 1.165) is 28.7 Å². The zero-order chi connectivity index (χ0) is 31.4. The summed E-state index contributed by atoms with van der Waals surface area (Å²) in [6, 6.07) is 8.11. The van der Waals surface area contributed by atoms with Crippen molar-refractivity contribution < 1.29 is 36.0 Å². The maximum Gasteiger partial charge on any atom is 0.416 e. The Balaban J connectivity index is 1.57. The molecule has 4 rings (SSSR count). The first-order valence-corrected chi connectivity index (χ1v) is 13.9. The van der Waals surface area contributed by atoms with E-state index in [1.165, 1.54) is 4.90 Å². The first-order valence-electron chi connectivity index (χ1n) is 13.9. The summed E-state index contributed by atoms with van der Waals surface area (Å²) >= 11 is 0. The maximum atomic E-state index is 13.7. The molecule has 0 radical (unpaired) electrons. The Kier molecular flexibility index (Phi) is 10.1. The number of likely N-dealkylation sites (N-methyl/N-ethyl adjacent to an activating group) is 1. The minimum atomic E-state index is -5.05. The van der Waals surface area contributed by atoms with Gasteiger partial charge in [0.25, 0.3) is 5.91 Å². The predicted molar refractivity (Wildman–Crippen MR) is 152 cm³/mol. The number of carbonyl (C=O) groups excluding carboxylic acids is 1. The lowest BCUT2D eigenvalue weighted by Crippen LogP contribution is -2.56. The Labute approximate surface area is 246 Å². The van der Waals surface area contributed by atoms with Crippen LogP contribution in [0, 0.1) is 0 Å². The van der Waals surface area contributed by atoms with Crippen LogP contribution < -0.4 is 0 Å². The van der Waals surface area contributed by atoms with Gasteiger partial charge in [0, 0.05) is 67.8 Å². The first-order chi connectivity index (χ1) is 20.2. The molecule has 1 aliphatic rings. The van der Waals surface area contributed by atoms with E-state index in [4.69, 9.17) is 4.84 Å². The van der Waals surface area contributed by atoms with Crippen molar-refractivity contribution in [2.24, 2.45) is 5.16 Å². The summed E-state index contributed by atoms with van der Waals surface area (Å²) in [6.45, 7) is 4.54. The van der Waals surface area contributed by atoms with Gasteiger partial charge >= 0.3 is 12.4 Å². The lowest BCUT2D eigenvalue weighted by Gasteiger charge is -2.42. The predicted octanol–water partition coefficient (Wildman–Crippen LogP) is 5.92. The third-order valence-electron chi connectivity index (χ3n) is 7.43. The molecule has 1 fully saturated rings. The fraction of sp³-hybridized carbons (Fsp3) is 0.467. The number of piperazine rings is 1. The second-order valence-corrected chi connectivity index (χ2v) is 11.0. The van der Waals surface area contributed by atoms with Crippen molar-refractivity contribution in [3.8, 4) is 0 Å². The molecular formula is C30H35F6N5O2. The molecule has 2 heterocycles. The quantitative estimate of drug-likeness (QED) is 0.134. The number of oxime groups is 1. The number of halogens is 6. The van der Waals surface area contributed by atoms with E-state index in [2.05, 4.69) is 15.0 Å². The van der Waals surface area contributed by atoms with Crippen LogP contribution in [0.15, 0.2) is 53.8 Å². The second-order valence-electron chi connectivity index (χ2n) is 11.0. The van der Waals surface area contributed by atoms with Gasteiger partial charge in [-0.1, -0.05) is 23.4 Å². The van der Waals surface area contributed by atoms with E-state index in [1.807, 2.05) is 56.4 Å². The smallest absolute Gasteiger partial charge is 0.394 e. The lowest BCUT2D eigenvalue weighted by atomic mass is 9.98. The SMILES string of the molecule is C/C(CCN1CCN(C(=O)c2cc(C(F)(F)F)cc(C(F)(F)F)c2)[C@H](Cc2c[nH]c3ccccc23)C1)=N\OCCN(C)C. The zero-order valence-corrected chi connectivity index (χ0v) is 24.2. The molecule has 1 amide bonds. The highest BCUT2D eigenvalue weighted by Crippen LogP contribution is 2.37. The Morgan fingerprint density at radius 3 is 2.37 bits per heavy atom. The summed E-state index contributed by atoms with van der Waals surface area (Å²) in [6.07, 6.45) is -7.32. The molecule has 2 aromatic carbocycles.